The van der Waals surface area contributed by atoms with Gasteiger partial charge in [0.25, 0.3) is 0 Å². The zero-order valence-electron chi connectivity index (χ0n) is 21.4. The number of rotatable bonds is 5. The molecular weight excluding hydrogens is 494 g/mol. The first kappa shape index (κ1) is 22.9. The van der Waals surface area contributed by atoms with E-state index in [4.69, 9.17) is 29.4 Å². The number of nitrogens with zero attached hydrogens (tertiary/aromatic N) is 7. The molecule has 0 N–H and O–H groups in total. The Morgan fingerprint density at radius 3 is 2.51 bits per heavy atom. The van der Waals surface area contributed by atoms with Gasteiger partial charge in [-0.3, -0.25) is 4.98 Å². The molecule has 0 amide bonds. The zero-order valence-corrected chi connectivity index (χ0v) is 21.4. The minimum Gasteiger partial charge on any atom is -0.493 e. The van der Waals surface area contributed by atoms with Crippen molar-refractivity contribution < 1.29 is 14.2 Å². The van der Waals surface area contributed by atoms with Gasteiger partial charge in [-0.2, -0.15) is 5.10 Å². The quantitative estimate of drug-likeness (QED) is 0.315. The predicted octanol–water partition coefficient (Wildman–Crippen LogP) is 4.98. The van der Waals surface area contributed by atoms with E-state index in [1.165, 1.54) is 0 Å². The van der Waals surface area contributed by atoms with Crippen LogP contribution in [0, 0.1) is 6.92 Å². The number of methoxy groups -OCH3 is 2. The smallest absolute Gasteiger partial charge is 0.230 e. The monoisotopic (exact) mass is 517 g/mol. The Labute approximate surface area is 223 Å². The van der Waals surface area contributed by atoms with Crippen molar-refractivity contribution in [3.05, 3.63) is 102 Å². The van der Waals surface area contributed by atoms with Crippen LogP contribution in [0.2, 0.25) is 0 Å². The van der Waals surface area contributed by atoms with E-state index in [9.17, 15) is 0 Å². The summed E-state index contributed by atoms with van der Waals surface area (Å²) in [6, 6.07) is 19.6. The highest BCUT2D eigenvalue weighted by Crippen LogP contribution is 2.50. The highest BCUT2D eigenvalue weighted by atomic mass is 16.5. The zero-order chi connectivity index (χ0) is 26.5. The molecule has 1 aliphatic rings. The van der Waals surface area contributed by atoms with E-state index in [-0.39, 0.29) is 5.92 Å². The molecule has 6 aromatic rings. The van der Waals surface area contributed by atoms with Crippen molar-refractivity contribution in [2.45, 2.75) is 12.8 Å². The largest absolute Gasteiger partial charge is 0.493 e. The molecule has 192 valence electrons. The summed E-state index contributed by atoms with van der Waals surface area (Å²) < 4.78 is 21.2. The minimum atomic E-state index is -0.317. The summed E-state index contributed by atoms with van der Waals surface area (Å²) in [4.78, 5) is 13.8. The summed E-state index contributed by atoms with van der Waals surface area (Å²) in [6.45, 7) is 1.98. The van der Waals surface area contributed by atoms with E-state index < -0.39 is 0 Å². The molecule has 4 aromatic heterocycles. The second-order valence-corrected chi connectivity index (χ2v) is 9.11. The first-order chi connectivity index (χ1) is 19.2. The Hall–Kier alpha value is -5.25. The third-order valence-corrected chi connectivity index (χ3v) is 6.88. The van der Waals surface area contributed by atoms with Crippen molar-refractivity contribution in [2.75, 3.05) is 14.2 Å². The fourth-order valence-corrected chi connectivity index (χ4v) is 5.11. The highest BCUT2D eigenvalue weighted by molar-refractivity contribution is 5.69. The molecule has 2 aromatic carbocycles. The van der Waals surface area contributed by atoms with Gasteiger partial charge in [-0.25, -0.2) is 19.2 Å². The van der Waals surface area contributed by atoms with Gasteiger partial charge >= 0.3 is 0 Å². The van der Waals surface area contributed by atoms with Crippen LogP contribution in [0.4, 0.5) is 0 Å². The lowest BCUT2D eigenvalue weighted by Gasteiger charge is -2.26. The maximum absolute atomic E-state index is 6.50. The maximum Gasteiger partial charge on any atom is 0.230 e. The lowest BCUT2D eigenvalue weighted by atomic mass is 9.84. The molecule has 1 unspecified atom stereocenters. The van der Waals surface area contributed by atoms with Crippen molar-refractivity contribution in [3.8, 4) is 40.3 Å². The van der Waals surface area contributed by atoms with Crippen molar-refractivity contribution in [2.24, 2.45) is 0 Å². The number of hydrogen-bond acceptors (Lipinski definition) is 8. The standard InChI is InChI=1S/C29H23N7O3/c1-17-23-24(18-11-12-21(37-2)22(14-18)38-3)25-27-32-26(19-8-7-13-30-15-19)34-35(27)16-31-28(25)39-29(23)36(33-17)20-9-5-4-6-10-20/h4-16,24H,1-3H3. The van der Waals surface area contributed by atoms with Gasteiger partial charge in [-0.1, -0.05) is 24.3 Å². The molecule has 5 heterocycles. The Kier molecular flexibility index (Phi) is 5.25. The fourth-order valence-electron chi connectivity index (χ4n) is 5.11. The van der Waals surface area contributed by atoms with E-state index in [0.29, 0.717) is 34.7 Å². The van der Waals surface area contributed by atoms with Crippen molar-refractivity contribution in [1.29, 1.82) is 0 Å². The SMILES string of the molecule is COc1ccc(C2c3c(C)nn(-c4ccccc4)c3Oc3ncn4nc(-c5cccnc5)nc4c32)cc1OC. The van der Waals surface area contributed by atoms with Crippen molar-refractivity contribution in [3.63, 3.8) is 0 Å². The molecule has 10 heteroatoms. The first-order valence-corrected chi connectivity index (χ1v) is 12.4. The Bertz CT molecular complexity index is 1830. The van der Waals surface area contributed by atoms with E-state index in [0.717, 1.165) is 33.6 Å². The molecule has 7 rings (SSSR count). The third kappa shape index (κ3) is 3.60. The van der Waals surface area contributed by atoms with Crippen LogP contribution in [0.25, 0.3) is 22.7 Å². The maximum atomic E-state index is 6.50. The van der Waals surface area contributed by atoms with Gasteiger partial charge < -0.3 is 14.2 Å². The number of benzene rings is 2. The topological polar surface area (TPSA) is 101 Å². The lowest BCUT2D eigenvalue weighted by Crippen LogP contribution is -2.16. The van der Waals surface area contributed by atoms with Gasteiger partial charge in [-0.05, 0) is 48.9 Å². The second-order valence-electron chi connectivity index (χ2n) is 9.11. The Balaban J connectivity index is 1.50. The average Bonchev–Trinajstić information content (AvgIpc) is 3.58. The van der Waals surface area contributed by atoms with Crippen LogP contribution < -0.4 is 14.2 Å². The molecule has 1 atom stereocenters. The van der Waals surface area contributed by atoms with Crippen LogP contribution in [0.5, 0.6) is 23.3 Å². The summed E-state index contributed by atoms with van der Waals surface area (Å²) in [5, 5.41) is 9.58. The molecule has 0 saturated heterocycles. The molecular formula is C29H23N7O3. The van der Waals surface area contributed by atoms with Crippen molar-refractivity contribution in [1.82, 2.24) is 34.3 Å². The fraction of sp³-hybridized carbons (Fsp3) is 0.138. The van der Waals surface area contributed by atoms with E-state index in [1.54, 1.807) is 37.5 Å². The molecule has 0 bridgehead atoms. The summed E-state index contributed by atoms with van der Waals surface area (Å²) in [6.07, 6.45) is 5.08. The number of fused-ring (bicyclic) bond motifs is 4. The second kappa shape index (κ2) is 8.95. The summed E-state index contributed by atoms with van der Waals surface area (Å²) in [5.74, 6) is 2.54. The molecule has 39 heavy (non-hydrogen) atoms. The third-order valence-electron chi connectivity index (χ3n) is 6.88. The van der Waals surface area contributed by atoms with Crippen LogP contribution >= 0.6 is 0 Å². The number of para-hydroxylation sites is 1. The predicted molar refractivity (Wildman–Crippen MR) is 143 cm³/mol. The van der Waals surface area contributed by atoms with Crippen LogP contribution in [-0.2, 0) is 0 Å². The Morgan fingerprint density at radius 1 is 0.897 bits per heavy atom. The number of aryl methyl sites for hydroxylation is 1. The lowest BCUT2D eigenvalue weighted by molar-refractivity contribution is 0.354. The van der Waals surface area contributed by atoms with Crippen LogP contribution in [0.3, 0.4) is 0 Å². The van der Waals surface area contributed by atoms with Crippen LogP contribution in [0.15, 0.2) is 79.4 Å². The van der Waals surface area contributed by atoms with Gasteiger partial charge in [0.05, 0.1) is 42.6 Å². The number of pyridine rings is 1. The number of aromatic nitrogens is 7. The number of ether oxygens (including phenoxy) is 3. The summed E-state index contributed by atoms with van der Waals surface area (Å²) >= 11 is 0. The van der Waals surface area contributed by atoms with Gasteiger partial charge in [0.15, 0.2) is 23.0 Å². The van der Waals surface area contributed by atoms with Gasteiger partial charge in [0, 0.05) is 18.0 Å². The van der Waals surface area contributed by atoms with E-state index in [2.05, 4.69) is 9.97 Å². The van der Waals surface area contributed by atoms with Crippen LogP contribution in [-0.4, -0.2) is 48.6 Å². The Morgan fingerprint density at radius 2 is 1.74 bits per heavy atom. The van der Waals surface area contributed by atoms with Gasteiger partial charge in [0.1, 0.15) is 6.33 Å². The molecule has 0 radical (unpaired) electrons. The van der Waals surface area contributed by atoms with E-state index in [1.807, 2.05) is 72.3 Å². The average molecular weight is 518 g/mol. The first-order valence-electron chi connectivity index (χ1n) is 12.4. The summed E-state index contributed by atoms with van der Waals surface area (Å²) in [7, 11) is 3.25. The minimum absolute atomic E-state index is 0.317. The molecule has 10 nitrogen and oxygen atoms in total. The molecule has 1 aliphatic heterocycles. The molecule has 0 saturated carbocycles. The molecule has 0 fully saturated rings. The number of hydrogen-bond donors (Lipinski definition) is 0. The molecule has 0 aliphatic carbocycles. The van der Waals surface area contributed by atoms with Crippen LogP contribution in [0.1, 0.15) is 28.3 Å². The van der Waals surface area contributed by atoms with E-state index >= 15 is 0 Å². The van der Waals surface area contributed by atoms with Gasteiger partial charge in [-0.15, -0.1) is 5.10 Å². The summed E-state index contributed by atoms with van der Waals surface area (Å²) in [5.41, 5.74) is 5.82. The highest BCUT2D eigenvalue weighted by Gasteiger charge is 2.38. The normalized spacial score (nSPS) is 14.0. The van der Waals surface area contributed by atoms with Gasteiger partial charge in [0.2, 0.25) is 11.8 Å². The molecule has 0 spiro atoms. The van der Waals surface area contributed by atoms with Crippen molar-refractivity contribution >= 4 is 5.65 Å².